The van der Waals surface area contributed by atoms with E-state index in [1.165, 1.54) is 0 Å². The van der Waals surface area contributed by atoms with Gasteiger partial charge < -0.3 is 24.2 Å². The van der Waals surface area contributed by atoms with Gasteiger partial charge in [-0.3, -0.25) is 0 Å². The van der Waals surface area contributed by atoms with Crippen molar-refractivity contribution >= 4 is 17.4 Å². The van der Waals surface area contributed by atoms with Crippen LogP contribution in [0.15, 0.2) is 42.5 Å². The molecule has 4 bridgehead atoms. The molecule has 3 aliphatic heterocycles. The van der Waals surface area contributed by atoms with Crippen LogP contribution in [-0.2, 0) is 27.1 Å². The highest BCUT2D eigenvalue weighted by Crippen LogP contribution is 2.37. The number of hydrogen-bond donors (Lipinski definition) is 1. The SMILES string of the molecule is Cc1nc2cc3nn2c(c1[C@H](OC(C)(C)C)C(=O)O)N1CCC(C)(CC1)OC/C=C/COc1ccccc1CC3. The molecule has 1 saturated heterocycles. The fourth-order valence-corrected chi connectivity index (χ4v) is 5.46. The van der Waals surface area contributed by atoms with Crippen molar-refractivity contribution < 1.29 is 24.1 Å². The number of aromatic nitrogens is 3. The van der Waals surface area contributed by atoms with E-state index in [-0.39, 0.29) is 5.60 Å². The van der Waals surface area contributed by atoms with E-state index in [4.69, 9.17) is 24.3 Å². The number of carbonyl (C=O) groups is 1. The number of fused-ring (bicyclic) bond motifs is 7. The number of piperidine rings is 1. The number of carboxylic acids is 1. The zero-order valence-electron chi connectivity index (χ0n) is 24.1. The first-order valence-electron chi connectivity index (χ1n) is 14.1. The van der Waals surface area contributed by atoms with Crippen LogP contribution in [0.25, 0.3) is 5.65 Å². The summed E-state index contributed by atoms with van der Waals surface area (Å²) in [6.07, 6.45) is 5.86. The van der Waals surface area contributed by atoms with E-state index in [0.717, 1.165) is 42.1 Å². The lowest BCUT2D eigenvalue weighted by Crippen LogP contribution is -2.45. The number of anilines is 1. The molecule has 0 saturated carbocycles. The van der Waals surface area contributed by atoms with E-state index in [1.54, 1.807) is 0 Å². The number of carboxylic acid groups (broad SMARTS) is 1. The summed E-state index contributed by atoms with van der Waals surface area (Å²) < 4.78 is 20.3. The third-order valence-electron chi connectivity index (χ3n) is 7.59. The van der Waals surface area contributed by atoms with Gasteiger partial charge in [0.05, 0.1) is 29.1 Å². The number of aryl methyl sites for hydroxylation is 3. The zero-order valence-corrected chi connectivity index (χ0v) is 24.1. The summed E-state index contributed by atoms with van der Waals surface area (Å²) >= 11 is 0. The van der Waals surface area contributed by atoms with Gasteiger partial charge in [-0.25, -0.2) is 9.78 Å². The van der Waals surface area contributed by atoms with Crippen LogP contribution in [0.4, 0.5) is 5.82 Å². The normalized spacial score (nSPS) is 19.5. The molecule has 1 atom stereocenters. The van der Waals surface area contributed by atoms with E-state index in [9.17, 15) is 9.90 Å². The summed E-state index contributed by atoms with van der Waals surface area (Å²) in [7, 11) is 0. The Balaban J connectivity index is 1.62. The van der Waals surface area contributed by atoms with E-state index >= 15 is 0 Å². The fraction of sp³-hybridized carbons (Fsp3) is 0.516. The molecule has 0 radical (unpaired) electrons. The quantitative estimate of drug-likeness (QED) is 0.452. The van der Waals surface area contributed by atoms with Gasteiger partial charge in [-0.05, 0) is 78.0 Å². The Morgan fingerprint density at radius 3 is 2.58 bits per heavy atom. The second-order valence-corrected chi connectivity index (χ2v) is 11.9. The van der Waals surface area contributed by atoms with Crippen LogP contribution in [-0.4, -0.2) is 63.2 Å². The van der Waals surface area contributed by atoms with Crippen molar-refractivity contribution in [2.75, 3.05) is 31.2 Å². The number of aliphatic carboxylic acids is 1. The van der Waals surface area contributed by atoms with E-state index < -0.39 is 17.7 Å². The van der Waals surface area contributed by atoms with Crippen molar-refractivity contribution in [3.63, 3.8) is 0 Å². The highest BCUT2D eigenvalue weighted by Gasteiger charge is 2.37. The Bertz CT molecular complexity index is 1400. The second-order valence-electron chi connectivity index (χ2n) is 11.9. The molecular formula is C31H40N4O5. The van der Waals surface area contributed by atoms with Crippen LogP contribution in [0.1, 0.15) is 69.2 Å². The van der Waals surface area contributed by atoms with Crippen molar-refractivity contribution in [2.45, 2.75) is 77.6 Å². The zero-order chi connectivity index (χ0) is 28.5. The number of para-hydroxylation sites is 1. The minimum atomic E-state index is -1.18. The Morgan fingerprint density at radius 1 is 1.12 bits per heavy atom. The van der Waals surface area contributed by atoms with Crippen molar-refractivity contribution in [2.24, 2.45) is 0 Å². The lowest BCUT2D eigenvalue weighted by molar-refractivity contribution is -0.160. The molecule has 1 N–H and O–H groups in total. The molecule has 0 aliphatic carbocycles. The maximum atomic E-state index is 12.6. The van der Waals surface area contributed by atoms with Gasteiger partial charge >= 0.3 is 5.97 Å². The maximum absolute atomic E-state index is 12.6. The van der Waals surface area contributed by atoms with Gasteiger partial charge in [0, 0.05) is 24.8 Å². The van der Waals surface area contributed by atoms with Crippen LogP contribution in [0.3, 0.4) is 0 Å². The first-order valence-corrected chi connectivity index (χ1v) is 14.1. The van der Waals surface area contributed by atoms with Crippen LogP contribution < -0.4 is 9.64 Å². The Labute approximate surface area is 235 Å². The average molecular weight is 549 g/mol. The molecule has 5 heterocycles. The summed E-state index contributed by atoms with van der Waals surface area (Å²) in [5, 5.41) is 15.3. The summed E-state index contributed by atoms with van der Waals surface area (Å²) in [4.78, 5) is 19.7. The van der Waals surface area contributed by atoms with E-state index in [0.29, 0.717) is 49.6 Å². The highest BCUT2D eigenvalue weighted by molar-refractivity contribution is 5.78. The molecule has 1 aromatic carbocycles. The van der Waals surface area contributed by atoms with Crippen molar-refractivity contribution in [3.8, 4) is 5.75 Å². The average Bonchev–Trinajstić information content (AvgIpc) is 3.30. The molecule has 9 nitrogen and oxygen atoms in total. The van der Waals surface area contributed by atoms with Crippen molar-refractivity contribution in [3.05, 3.63) is 65.0 Å². The molecule has 1 fully saturated rings. The van der Waals surface area contributed by atoms with E-state index in [1.807, 2.05) is 68.6 Å². The third kappa shape index (κ3) is 6.15. The molecule has 0 unspecified atom stereocenters. The molecule has 214 valence electrons. The standard InChI is InChI=1S/C31H40N4O5/c1-21-26(27(29(36)37)40-30(2,3)4)28-34-16-14-31(5,15-17-34)39-19-9-8-18-38-24-11-7-6-10-22(24)12-13-23-20-25(32-21)35(28)33-23/h6-11,20,27H,12-19H2,1-5H3,(H,36,37)/b9-8+/t27-/m0/s1. The molecule has 2 aromatic heterocycles. The Morgan fingerprint density at radius 2 is 1.85 bits per heavy atom. The third-order valence-corrected chi connectivity index (χ3v) is 7.59. The smallest absolute Gasteiger partial charge is 0.337 e. The van der Waals surface area contributed by atoms with Gasteiger partial charge in [0.15, 0.2) is 11.8 Å². The Hall–Kier alpha value is -3.43. The molecule has 3 aliphatic rings. The predicted molar refractivity (Wildman–Crippen MR) is 153 cm³/mol. The first-order chi connectivity index (χ1) is 19.0. The lowest BCUT2D eigenvalue weighted by Gasteiger charge is -2.41. The van der Waals surface area contributed by atoms with E-state index in [2.05, 4.69) is 17.9 Å². The number of hydrogen-bond acceptors (Lipinski definition) is 7. The van der Waals surface area contributed by atoms with Gasteiger partial charge in [-0.1, -0.05) is 24.3 Å². The summed E-state index contributed by atoms with van der Waals surface area (Å²) in [5.41, 5.74) is 2.91. The minimum Gasteiger partial charge on any atom is -0.489 e. The topological polar surface area (TPSA) is 98.4 Å². The van der Waals surface area contributed by atoms with Crippen molar-refractivity contribution in [1.29, 1.82) is 0 Å². The van der Waals surface area contributed by atoms with Gasteiger partial charge in [0.1, 0.15) is 18.2 Å². The molecule has 0 spiro atoms. The molecule has 6 rings (SSSR count). The molecule has 9 heteroatoms. The first kappa shape index (κ1) is 28.1. The summed E-state index contributed by atoms with van der Waals surface area (Å²) in [6.45, 7) is 12.0. The summed E-state index contributed by atoms with van der Waals surface area (Å²) in [6, 6.07) is 10.1. The second kappa shape index (κ2) is 11.2. The highest BCUT2D eigenvalue weighted by atomic mass is 16.5. The summed E-state index contributed by atoms with van der Waals surface area (Å²) in [5.74, 6) is 0.545. The van der Waals surface area contributed by atoms with Gasteiger partial charge in [-0.15, -0.1) is 0 Å². The minimum absolute atomic E-state index is 0.287. The van der Waals surface area contributed by atoms with Crippen LogP contribution in [0.2, 0.25) is 0 Å². The lowest BCUT2D eigenvalue weighted by atomic mass is 9.92. The number of benzene rings is 1. The van der Waals surface area contributed by atoms with Gasteiger partial charge in [0.2, 0.25) is 0 Å². The van der Waals surface area contributed by atoms with Gasteiger partial charge in [-0.2, -0.15) is 9.61 Å². The van der Waals surface area contributed by atoms with Gasteiger partial charge in [0.25, 0.3) is 0 Å². The fourth-order valence-electron chi connectivity index (χ4n) is 5.46. The van der Waals surface area contributed by atoms with Crippen LogP contribution in [0.5, 0.6) is 5.75 Å². The molecular weight excluding hydrogens is 508 g/mol. The van der Waals surface area contributed by atoms with Crippen LogP contribution in [0, 0.1) is 6.92 Å². The predicted octanol–water partition coefficient (Wildman–Crippen LogP) is 5.09. The maximum Gasteiger partial charge on any atom is 0.337 e. The number of rotatable bonds is 3. The largest absolute Gasteiger partial charge is 0.489 e. The van der Waals surface area contributed by atoms with Crippen molar-refractivity contribution in [1.82, 2.24) is 14.6 Å². The Kier molecular flexibility index (Phi) is 7.88. The number of ether oxygens (including phenoxy) is 3. The molecule has 3 aromatic rings. The number of nitrogens with zero attached hydrogens (tertiary/aromatic N) is 4. The molecule has 40 heavy (non-hydrogen) atoms. The monoisotopic (exact) mass is 548 g/mol. The van der Waals surface area contributed by atoms with Crippen LogP contribution >= 0.6 is 0 Å². The molecule has 0 amide bonds.